The van der Waals surface area contributed by atoms with Crippen molar-refractivity contribution in [1.29, 1.82) is 5.26 Å². The van der Waals surface area contributed by atoms with Gasteiger partial charge in [-0.1, -0.05) is 0 Å². The zero-order valence-electron chi connectivity index (χ0n) is 7.08. The van der Waals surface area contributed by atoms with E-state index in [-0.39, 0.29) is 0 Å². The topological polar surface area (TPSA) is 30.3 Å². The van der Waals surface area contributed by atoms with Crippen LogP contribution >= 0.6 is 0 Å². The lowest BCUT2D eigenvalue weighted by Gasteiger charge is -2.31. The third-order valence-corrected chi connectivity index (χ3v) is 3.03. The summed E-state index contributed by atoms with van der Waals surface area (Å²) in [6.07, 6.45) is 0.682. The van der Waals surface area contributed by atoms with Gasteiger partial charge in [-0.3, -0.25) is 4.90 Å². The summed E-state index contributed by atoms with van der Waals surface area (Å²) in [4.78, 5) is 2.37. The summed E-state index contributed by atoms with van der Waals surface area (Å²) < 4.78 is 2.46. The monoisotopic (exact) mass is 169 g/mol. The van der Waals surface area contributed by atoms with E-state index in [9.17, 15) is 0 Å². The number of rotatable bonds is 2. The van der Waals surface area contributed by atoms with E-state index in [2.05, 4.69) is 15.5 Å². The van der Waals surface area contributed by atoms with Crippen LogP contribution in [-0.2, 0) is 0 Å². The van der Waals surface area contributed by atoms with Crippen LogP contribution in [0, 0.1) is 11.3 Å². The number of piperazine rings is 1. The van der Waals surface area contributed by atoms with Crippen molar-refractivity contribution in [2.75, 3.05) is 32.7 Å². The molecular weight excluding hydrogens is 154 g/mol. The summed E-state index contributed by atoms with van der Waals surface area (Å²) in [6.45, 7) is 5.69. The van der Waals surface area contributed by atoms with Crippen molar-refractivity contribution in [3.8, 4) is 6.07 Å². The van der Waals surface area contributed by atoms with Gasteiger partial charge in [0.2, 0.25) is 0 Å². The highest BCUT2D eigenvalue weighted by molar-refractivity contribution is 6.04. The first-order chi connectivity index (χ1) is 5.33. The molecule has 0 aliphatic carbocycles. The largest absolute Gasteiger partial charge is 0.330 e. The van der Waals surface area contributed by atoms with E-state index in [1.54, 1.807) is 0 Å². The molecule has 1 saturated heterocycles. The molecule has 4 heteroatoms. The molecule has 0 aromatic heterocycles. The molecule has 0 bridgehead atoms. The Hall–Kier alpha value is -0.373. The fourth-order valence-corrected chi connectivity index (χ4v) is 1.68. The van der Waals surface area contributed by atoms with Crippen molar-refractivity contribution in [2.45, 2.75) is 6.42 Å². The van der Waals surface area contributed by atoms with Crippen molar-refractivity contribution in [1.82, 2.24) is 9.47 Å². The summed E-state index contributed by atoms with van der Waals surface area (Å²) in [7, 11) is 1.19. The van der Waals surface area contributed by atoms with E-state index >= 15 is 0 Å². The van der Waals surface area contributed by atoms with Crippen molar-refractivity contribution in [3.63, 3.8) is 0 Å². The van der Waals surface area contributed by atoms with Crippen LogP contribution in [0.4, 0.5) is 0 Å². The maximum absolute atomic E-state index is 8.37. The molecule has 0 unspecified atom stereocenters. The summed E-state index contributed by atoms with van der Waals surface area (Å²) in [5.41, 5.74) is 0. The second-order valence-electron chi connectivity index (χ2n) is 3.05. The van der Waals surface area contributed by atoms with Crippen LogP contribution in [-0.4, -0.2) is 52.6 Å². The molecule has 0 radical (unpaired) electrons. The quantitative estimate of drug-likeness (QED) is 0.486. The lowest BCUT2D eigenvalue weighted by atomic mass is 10.3. The first kappa shape index (κ1) is 8.72. The van der Waals surface area contributed by atoms with Gasteiger partial charge in [0.15, 0.2) is 0 Å². The molecule has 1 rings (SSSR count). The van der Waals surface area contributed by atoms with Crippen LogP contribution < -0.4 is 0 Å². The van der Waals surface area contributed by atoms with E-state index in [4.69, 9.17) is 5.26 Å². The average molecular weight is 169 g/mol. The first-order valence-corrected chi connectivity index (χ1v) is 5.00. The second kappa shape index (κ2) is 4.49. The Bertz CT molecular complexity index is 146. The van der Waals surface area contributed by atoms with Gasteiger partial charge in [0.1, 0.15) is 0 Å². The van der Waals surface area contributed by atoms with Gasteiger partial charge in [0, 0.05) is 39.1 Å². The fraction of sp³-hybridized carbons (Fsp3) is 0.857. The van der Waals surface area contributed by atoms with Crippen LogP contribution in [0.3, 0.4) is 0 Å². The lowest BCUT2D eigenvalue weighted by Crippen LogP contribution is -2.45. The summed E-state index contributed by atoms with van der Waals surface area (Å²) >= 11 is 0. The predicted molar refractivity (Wildman–Crippen MR) is 48.2 cm³/mol. The van der Waals surface area contributed by atoms with Crippen molar-refractivity contribution < 1.29 is 0 Å². The highest BCUT2D eigenvalue weighted by Crippen LogP contribution is 1.98. The third kappa shape index (κ3) is 3.02. The van der Waals surface area contributed by atoms with Gasteiger partial charge in [-0.15, -0.1) is 0 Å². The molecule has 0 N–H and O–H groups in total. The molecule has 0 spiro atoms. The van der Waals surface area contributed by atoms with Crippen LogP contribution in [0.2, 0.25) is 0 Å². The highest BCUT2D eigenvalue weighted by Gasteiger charge is 2.11. The van der Waals surface area contributed by atoms with E-state index in [0.717, 1.165) is 19.6 Å². The molecule has 0 aromatic rings. The molecule has 0 aromatic carbocycles. The SMILES string of the molecule is N#CCCN1CCN([SiH3])CC1. The third-order valence-electron chi connectivity index (χ3n) is 2.14. The number of nitriles is 1. The van der Waals surface area contributed by atoms with E-state index in [1.807, 2.05) is 0 Å². The Morgan fingerprint density at radius 1 is 1.27 bits per heavy atom. The van der Waals surface area contributed by atoms with Crippen molar-refractivity contribution in [3.05, 3.63) is 0 Å². The van der Waals surface area contributed by atoms with Crippen molar-refractivity contribution in [2.24, 2.45) is 0 Å². The Morgan fingerprint density at radius 2 is 1.91 bits per heavy atom. The fourth-order valence-electron chi connectivity index (χ4n) is 1.28. The summed E-state index contributed by atoms with van der Waals surface area (Å²) in [5, 5.41) is 8.37. The van der Waals surface area contributed by atoms with Gasteiger partial charge in [-0.25, -0.2) is 0 Å². The van der Waals surface area contributed by atoms with Gasteiger partial charge < -0.3 is 4.57 Å². The molecular formula is C7H15N3Si. The van der Waals surface area contributed by atoms with E-state index in [0.29, 0.717) is 6.42 Å². The van der Waals surface area contributed by atoms with Crippen molar-refractivity contribution >= 4 is 10.4 Å². The van der Waals surface area contributed by atoms with Gasteiger partial charge in [-0.2, -0.15) is 5.26 Å². The maximum Gasteiger partial charge on any atom is 0.0785 e. The normalized spacial score (nSPS) is 21.7. The first-order valence-electron chi connectivity index (χ1n) is 4.11. The molecule has 0 amide bonds. The summed E-state index contributed by atoms with van der Waals surface area (Å²) in [5.74, 6) is 0. The van der Waals surface area contributed by atoms with Crippen LogP contribution in [0.15, 0.2) is 0 Å². The number of hydrogen-bond donors (Lipinski definition) is 0. The minimum Gasteiger partial charge on any atom is -0.330 e. The Kier molecular flexibility index (Phi) is 3.56. The molecule has 1 aliphatic rings. The van der Waals surface area contributed by atoms with Gasteiger partial charge in [0.25, 0.3) is 0 Å². The number of hydrogen-bond acceptors (Lipinski definition) is 3. The average Bonchev–Trinajstić information content (AvgIpc) is 2.04. The zero-order chi connectivity index (χ0) is 8.10. The Morgan fingerprint density at radius 3 is 2.45 bits per heavy atom. The maximum atomic E-state index is 8.37. The standard InChI is InChI=1S/C7H15N3Si/c8-2-1-3-9-4-6-10(11)7-5-9/h1,3-7H2,11H3. The van der Waals surface area contributed by atoms with Crippen LogP contribution in [0.1, 0.15) is 6.42 Å². The van der Waals surface area contributed by atoms with Crippen LogP contribution in [0.25, 0.3) is 0 Å². The van der Waals surface area contributed by atoms with Crippen LogP contribution in [0.5, 0.6) is 0 Å². The number of nitrogens with zero attached hydrogens (tertiary/aromatic N) is 3. The molecule has 62 valence electrons. The molecule has 1 heterocycles. The molecule has 1 aliphatic heterocycles. The second-order valence-corrected chi connectivity index (χ2v) is 4.32. The molecule has 0 atom stereocenters. The minimum atomic E-state index is 0.682. The minimum absolute atomic E-state index is 0.682. The van der Waals surface area contributed by atoms with E-state index in [1.165, 1.54) is 23.5 Å². The smallest absolute Gasteiger partial charge is 0.0785 e. The zero-order valence-corrected chi connectivity index (χ0v) is 9.08. The molecule has 11 heavy (non-hydrogen) atoms. The molecule has 1 fully saturated rings. The summed E-state index contributed by atoms with van der Waals surface area (Å²) in [6, 6.07) is 2.18. The van der Waals surface area contributed by atoms with E-state index < -0.39 is 0 Å². The van der Waals surface area contributed by atoms with Gasteiger partial charge in [-0.05, 0) is 0 Å². The highest BCUT2D eigenvalue weighted by atomic mass is 28.2. The Labute approximate surface area is 71.1 Å². The predicted octanol–water partition coefficient (Wildman–Crippen LogP) is -1.20. The lowest BCUT2D eigenvalue weighted by molar-refractivity contribution is 0.195. The van der Waals surface area contributed by atoms with Gasteiger partial charge >= 0.3 is 0 Å². The van der Waals surface area contributed by atoms with Gasteiger partial charge in [0.05, 0.1) is 16.5 Å². The molecule has 3 nitrogen and oxygen atoms in total. The molecule has 0 saturated carbocycles. The Balaban J connectivity index is 2.13.